The van der Waals surface area contributed by atoms with E-state index in [1.54, 1.807) is 0 Å². The molecule has 0 nitrogen and oxygen atoms in total. The van der Waals surface area contributed by atoms with Crippen molar-refractivity contribution in [2.75, 3.05) is 11.5 Å². The third kappa shape index (κ3) is 3.12. The van der Waals surface area contributed by atoms with E-state index in [0.717, 1.165) is 0 Å². The lowest BCUT2D eigenvalue weighted by atomic mass is 10.2. The summed E-state index contributed by atoms with van der Waals surface area (Å²) in [7, 11) is -1.16. The molecular weight excluding hydrogens is 260 g/mol. The second-order valence-corrected chi connectivity index (χ2v) is 14.8. The Morgan fingerprint density at radius 3 is 2.18 bits per heavy atom. The molecule has 0 aromatic heterocycles. The summed E-state index contributed by atoms with van der Waals surface area (Å²) in [4.78, 5) is 0. The molecule has 1 saturated heterocycles. The lowest BCUT2D eigenvalue weighted by molar-refractivity contribution is 0.964. The largest absolute Gasteiger partial charge is 0.147 e. The van der Waals surface area contributed by atoms with E-state index in [1.165, 1.54) is 29.9 Å². The Kier molecular flexibility index (Phi) is 4.32. The van der Waals surface area contributed by atoms with Gasteiger partial charge in [-0.15, -0.1) is 23.5 Å². The fourth-order valence-corrected chi connectivity index (χ4v) is 9.84. The molecule has 0 spiro atoms. The second kappa shape index (κ2) is 5.41. The van der Waals surface area contributed by atoms with E-state index < -0.39 is 8.07 Å². The van der Waals surface area contributed by atoms with Crippen LogP contribution < -0.4 is 0 Å². The molecule has 0 saturated carbocycles. The summed E-state index contributed by atoms with van der Waals surface area (Å²) >= 11 is 4.47. The van der Waals surface area contributed by atoms with Gasteiger partial charge in [0.15, 0.2) is 0 Å². The Morgan fingerprint density at radius 2 is 1.65 bits per heavy atom. The molecule has 94 valence electrons. The highest BCUT2D eigenvalue weighted by Crippen LogP contribution is 2.50. The van der Waals surface area contributed by atoms with Crippen molar-refractivity contribution in [3.63, 3.8) is 0 Å². The van der Waals surface area contributed by atoms with Crippen molar-refractivity contribution in [1.82, 2.24) is 0 Å². The summed E-state index contributed by atoms with van der Waals surface area (Å²) in [6.45, 7) is 7.59. The van der Waals surface area contributed by atoms with Gasteiger partial charge in [-0.05, 0) is 29.9 Å². The van der Waals surface area contributed by atoms with E-state index in [4.69, 9.17) is 0 Å². The molecule has 0 amide bonds. The molecule has 3 heteroatoms. The van der Waals surface area contributed by atoms with Gasteiger partial charge in [0.2, 0.25) is 0 Å². The predicted molar refractivity (Wildman–Crippen MR) is 85.8 cm³/mol. The topological polar surface area (TPSA) is 0 Å². The van der Waals surface area contributed by atoms with Crippen LogP contribution in [0.15, 0.2) is 30.3 Å². The van der Waals surface area contributed by atoms with Gasteiger partial charge in [-0.2, -0.15) is 0 Å². The Balaban J connectivity index is 2.22. The molecule has 0 atom stereocenters. The number of thioether (sulfide) groups is 2. The number of rotatable bonds is 3. The molecule has 0 unspecified atom stereocenters. The van der Waals surface area contributed by atoms with Crippen molar-refractivity contribution in [3.05, 3.63) is 35.9 Å². The first-order chi connectivity index (χ1) is 8.04. The molecule has 1 aliphatic heterocycles. The maximum absolute atomic E-state index is 2.53. The average molecular weight is 283 g/mol. The normalized spacial score (nSPS) is 20.2. The van der Waals surface area contributed by atoms with Crippen LogP contribution in [0.2, 0.25) is 19.6 Å². The molecule has 17 heavy (non-hydrogen) atoms. The Hall–Kier alpha value is 0.137. The van der Waals surface area contributed by atoms with Crippen LogP contribution in [0.3, 0.4) is 0 Å². The first kappa shape index (κ1) is 13.6. The second-order valence-electron chi connectivity index (χ2n) is 5.72. The van der Waals surface area contributed by atoms with Gasteiger partial charge >= 0.3 is 0 Å². The average Bonchev–Trinajstić information content (AvgIpc) is 2.30. The first-order valence-corrected chi connectivity index (χ1v) is 11.8. The van der Waals surface area contributed by atoms with E-state index in [0.29, 0.717) is 3.70 Å². The molecule has 1 aliphatic rings. The van der Waals surface area contributed by atoms with Gasteiger partial charge in [-0.25, -0.2) is 0 Å². The van der Waals surface area contributed by atoms with E-state index in [-0.39, 0.29) is 0 Å². The maximum Gasteiger partial charge on any atom is 0.0756 e. The zero-order valence-electron chi connectivity index (χ0n) is 11.0. The highest BCUT2D eigenvalue weighted by atomic mass is 32.2. The summed E-state index contributed by atoms with van der Waals surface area (Å²) in [6, 6.07) is 11.0. The summed E-state index contributed by atoms with van der Waals surface area (Å²) < 4.78 is 0.493. The fraction of sp³-hybridized carbons (Fsp3) is 0.571. The van der Waals surface area contributed by atoms with Gasteiger partial charge in [-0.3, -0.25) is 0 Å². The summed E-state index contributed by atoms with van der Waals surface area (Å²) in [5.41, 5.74) is 1.51. The van der Waals surface area contributed by atoms with Gasteiger partial charge in [0.1, 0.15) is 0 Å². The van der Waals surface area contributed by atoms with Crippen LogP contribution in [-0.4, -0.2) is 23.3 Å². The predicted octanol–water partition coefficient (Wildman–Crippen LogP) is 4.67. The van der Waals surface area contributed by atoms with Crippen LogP contribution in [0.25, 0.3) is 0 Å². The van der Waals surface area contributed by atoms with Crippen LogP contribution >= 0.6 is 23.5 Å². The monoisotopic (exact) mass is 282 g/mol. The van der Waals surface area contributed by atoms with Crippen molar-refractivity contribution in [3.8, 4) is 0 Å². The highest BCUT2D eigenvalue weighted by molar-refractivity contribution is 8.21. The third-order valence-electron chi connectivity index (χ3n) is 3.38. The quantitative estimate of drug-likeness (QED) is 0.739. The van der Waals surface area contributed by atoms with E-state index in [2.05, 4.69) is 73.5 Å². The number of benzene rings is 1. The Bertz CT molecular complexity index is 350. The lowest BCUT2D eigenvalue weighted by Gasteiger charge is -2.45. The van der Waals surface area contributed by atoms with Crippen molar-refractivity contribution in [2.24, 2.45) is 0 Å². The van der Waals surface area contributed by atoms with Crippen molar-refractivity contribution in [1.29, 1.82) is 0 Å². The first-order valence-electron chi connectivity index (χ1n) is 6.35. The Labute approximate surface area is 115 Å². The molecule has 1 heterocycles. The zero-order valence-corrected chi connectivity index (χ0v) is 13.7. The van der Waals surface area contributed by atoms with Crippen LogP contribution in [0.1, 0.15) is 12.0 Å². The minimum absolute atomic E-state index is 0.493. The molecule has 1 fully saturated rings. The standard InChI is InChI=1S/C14H22S2Si/c1-17(2,3)14(15-10-7-11-16-14)12-13-8-5-4-6-9-13/h4-6,8-9H,7,10-12H2,1-3H3. The maximum atomic E-state index is 2.53. The highest BCUT2D eigenvalue weighted by Gasteiger charge is 2.45. The smallest absolute Gasteiger partial charge is 0.0756 e. The van der Waals surface area contributed by atoms with Crippen LogP contribution in [0.5, 0.6) is 0 Å². The fourth-order valence-electron chi connectivity index (χ4n) is 2.24. The van der Waals surface area contributed by atoms with Crippen LogP contribution in [0.4, 0.5) is 0 Å². The number of hydrogen-bond donors (Lipinski definition) is 0. The summed E-state index contributed by atoms with van der Waals surface area (Å²) in [5, 5.41) is 0. The SMILES string of the molecule is C[Si](C)(C)C1(Cc2ccccc2)SCCCS1. The van der Waals surface area contributed by atoms with Crippen molar-refractivity contribution < 1.29 is 0 Å². The van der Waals surface area contributed by atoms with Gasteiger partial charge in [-0.1, -0.05) is 50.0 Å². The molecule has 0 radical (unpaired) electrons. The van der Waals surface area contributed by atoms with Crippen molar-refractivity contribution >= 4 is 31.6 Å². The minimum atomic E-state index is -1.16. The molecule has 0 bridgehead atoms. The van der Waals surface area contributed by atoms with E-state index in [9.17, 15) is 0 Å². The molecule has 0 N–H and O–H groups in total. The Morgan fingerprint density at radius 1 is 1.06 bits per heavy atom. The molecular formula is C14H22S2Si. The minimum Gasteiger partial charge on any atom is -0.147 e. The molecule has 2 rings (SSSR count). The van der Waals surface area contributed by atoms with Gasteiger partial charge < -0.3 is 0 Å². The molecule has 1 aromatic carbocycles. The van der Waals surface area contributed by atoms with Gasteiger partial charge in [0, 0.05) is 0 Å². The summed E-state index contributed by atoms with van der Waals surface area (Å²) in [6.07, 6.45) is 2.63. The van der Waals surface area contributed by atoms with Crippen LogP contribution in [0, 0.1) is 0 Å². The van der Waals surface area contributed by atoms with Crippen LogP contribution in [-0.2, 0) is 6.42 Å². The molecule has 1 aromatic rings. The van der Waals surface area contributed by atoms with Gasteiger partial charge in [0.05, 0.1) is 11.8 Å². The lowest BCUT2D eigenvalue weighted by Crippen LogP contribution is -2.50. The van der Waals surface area contributed by atoms with Crippen molar-refractivity contribution in [2.45, 2.75) is 36.2 Å². The van der Waals surface area contributed by atoms with E-state index in [1.807, 2.05) is 0 Å². The van der Waals surface area contributed by atoms with E-state index >= 15 is 0 Å². The molecule has 0 aliphatic carbocycles. The number of hydrogen-bond acceptors (Lipinski definition) is 2. The van der Waals surface area contributed by atoms with Gasteiger partial charge in [0.25, 0.3) is 0 Å². The third-order valence-corrected chi connectivity index (χ3v) is 13.3. The summed E-state index contributed by atoms with van der Waals surface area (Å²) in [5.74, 6) is 2.70. The zero-order chi connectivity index (χ0) is 12.4.